The lowest BCUT2D eigenvalue weighted by atomic mass is 9.89. The molecule has 2 atom stereocenters. The van der Waals surface area contributed by atoms with Crippen LogP contribution in [0.1, 0.15) is 43.5 Å². The van der Waals surface area contributed by atoms with Crippen molar-refractivity contribution >= 4 is 23.4 Å². The van der Waals surface area contributed by atoms with E-state index in [1.165, 1.54) is 0 Å². The fourth-order valence-corrected chi connectivity index (χ4v) is 3.23. The van der Waals surface area contributed by atoms with E-state index < -0.39 is 12.0 Å². The van der Waals surface area contributed by atoms with E-state index in [2.05, 4.69) is 5.32 Å². The summed E-state index contributed by atoms with van der Waals surface area (Å²) in [6, 6.07) is 10.6. The molecule has 0 bridgehead atoms. The third-order valence-electron chi connectivity index (χ3n) is 4.44. The molecule has 3 rings (SSSR count). The molecule has 3 N–H and O–H groups in total. The number of carbonyl (C=O) groups excluding carboxylic acids is 2. The smallest absolute Gasteiger partial charge is 0.258 e. The largest absolute Gasteiger partial charge is 0.487 e. The molecular weight excluding hydrogens is 380 g/mol. The van der Waals surface area contributed by atoms with Crippen LogP contribution in [0.4, 0.5) is 0 Å². The summed E-state index contributed by atoms with van der Waals surface area (Å²) < 4.78 is 11.6. The molecule has 2 aromatic rings. The van der Waals surface area contributed by atoms with Gasteiger partial charge in [0.2, 0.25) is 5.91 Å². The van der Waals surface area contributed by atoms with Gasteiger partial charge in [0.25, 0.3) is 5.91 Å². The van der Waals surface area contributed by atoms with E-state index in [1.807, 2.05) is 32.0 Å². The van der Waals surface area contributed by atoms with Crippen molar-refractivity contribution in [2.75, 3.05) is 0 Å². The molecule has 2 unspecified atom stereocenters. The van der Waals surface area contributed by atoms with Crippen LogP contribution in [0.25, 0.3) is 0 Å². The summed E-state index contributed by atoms with van der Waals surface area (Å²) in [6.45, 7) is 5.38. The van der Waals surface area contributed by atoms with Gasteiger partial charge in [0.15, 0.2) is 17.6 Å². The van der Waals surface area contributed by atoms with Gasteiger partial charge in [-0.3, -0.25) is 9.59 Å². The lowest BCUT2D eigenvalue weighted by Crippen LogP contribution is -2.36. The summed E-state index contributed by atoms with van der Waals surface area (Å²) in [5.41, 5.74) is 7.96. The lowest BCUT2D eigenvalue weighted by molar-refractivity contribution is -0.124. The maximum Gasteiger partial charge on any atom is 0.258 e. The van der Waals surface area contributed by atoms with Gasteiger partial charge in [-0.15, -0.1) is 0 Å². The number of primary amides is 1. The number of rotatable bonds is 6. The fourth-order valence-electron chi connectivity index (χ4n) is 3.11. The van der Waals surface area contributed by atoms with E-state index in [0.29, 0.717) is 16.5 Å². The Morgan fingerprint density at radius 2 is 1.79 bits per heavy atom. The normalized spacial score (nSPS) is 16.9. The number of amides is 2. The number of ether oxygens (including phenoxy) is 2. The van der Waals surface area contributed by atoms with Crippen LogP contribution in [0.2, 0.25) is 5.02 Å². The molecule has 1 aliphatic rings. The average Bonchev–Trinajstić information content (AvgIpc) is 2.62. The third kappa shape index (κ3) is 4.39. The van der Waals surface area contributed by atoms with Gasteiger partial charge in [-0.1, -0.05) is 23.7 Å². The first kappa shape index (κ1) is 20.0. The second kappa shape index (κ2) is 8.10. The van der Waals surface area contributed by atoms with Crippen LogP contribution in [0, 0.1) is 0 Å². The Kier molecular flexibility index (Phi) is 5.79. The van der Waals surface area contributed by atoms with Gasteiger partial charge < -0.3 is 20.5 Å². The van der Waals surface area contributed by atoms with Crippen molar-refractivity contribution in [3.8, 4) is 11.5 Å². The average molecular weight is 403 g/mol. The van der Waals surface area contributed by atoms with Crippen molar-refractivity contribution in [1.82, 2.24) is 5.32 Å². The van der Waals surface area contributed by atoms with E-state index in [1.54, 1.807) is 25.1 Å². The summed E-state index contributed by atoms with van der Waals surface area (Å²) in [4.78, 5) is 23.7. The maximum absolute atomic E-state index is 12.3. The summed E-state index contributed by atoms with van der Waals surface area (Å²) in [5, 5.41) is 3.64. The SMILES string of the molecule is CC(C)Oc1cc2c(cc1OC(C)C(N)=O)CC(=O)NC2c1ccc(Cl)cc1. The Bertz CT molecular complexity index is 896. The topological polar surface area (TPSA) is 90.7 Å². The number of fused-ring (bicyclic) bond motifs is 1. The van der Waals surface area contributed by atoms with Crippen molar-refractivity contribution in [1.29, 1.82) is 0 Å². The van der Waals surface area contributed by atoms with Crippen LogP contribution in [0.5, 0.6) is 11.5 Å². The highest BCUT2D eigenvalue weighted by atomic mass is 35.5. The summed E-state index contributed by atoms with van der Waals surface area (Å²) in [7, 11) is 0. The van der Waals surface area contributed by atoms with Gasteiger partial charge >= 0.3 is 0 Å². The number of hydrogen-bond acceptors (Lipinski definition) is 4. The molecule has 0 saturated heterocycles. The highest BCUT2D eigenvalue weighted by Gasteiger charge is 2.29. The van der Waals surface area contributed by atoms with Gasteiger partial charge in [0, 0.05) is 5.02 Å². The van der Waals surface area contributed by atoms with Crippen molar-refractivity contribution in [2.24, 2.45) is 5.73 Å². The molecule has 2 amide bonds. The van der Waals surface area contributed by atoms with Crippen molar-refractivity contribution in [3.05, 3.63) is 58.1 Å². The van der Waals surface area contributed by atoms with Gasteiger partial charge in [0.05, 0.1) is 18.6 Å². The minimum absolute atomic E-state index is 0.0983. The Morgan fingerprint density at radius 3 is 2.39 bits per heavy atom. The number of hydrogen-bond donors (Lipinski definition) is 2. The van der Waals surface area contributed by atoms with Crippen molar-refractivity contribution in [2.45, 2.75) is 45.4 Å². The molecule has 6 nitrogen and oxygen atoms in total. The van der Waals surface area contributed by atoms with Gasteiger partial charge in [-0.2, -0.15) is 0 Å². The molecule has 148 valence electrons. The van der Waals surface area contributed by atoms with Crippen LogP contribution in [0.3, 0.4) is 0 Å². The maximum atomic E-state index is 12.3. The van der Waals surface area contributed by atoms with E-state index in [9.17, 15) is 9.59 Å². The zero-order valence-electron chi connectivity index (χ0n) is 16.0. The highest BCUT2D eigenvalue weighted by Crippen LogP contribution is 2.39. The number of carbonyl (C=O) groups is 2. The number of benzene rings is 2. The van der Waals surface area contributed by atoms with Gasteiger partial charge in [-0.25, -0.2) is 0 Å². The molecule has 7 heteroatoms. The molecule has 28 heavy (non-hydrogen) atoms. The summed E-state index contributed by atoms with van der Waals surface area (Å²) >= 11 is 6.00. The number of halogens is 1. The zero-order chi connectivity index (χ0) is 20.4. The van der Waals surface area contributed by atoms with Gasteiger partial charge in [-0.05, 0) is 61.7 Å². The monoisotopic (exact) mass is 402 g/mol. The molecule has 1 aliphatic heterocycles. The van der Waals surface area contributed by atoms with E-state index in [4.69, 9.17) is 26.8 Å². The predicted octanol–water partition coefficient (Wildman–Crippen LogP) is 3.14. The van der Waals surface area contributed by atoms with Gasteiger partial charge in [0.1, 0.15) is 0 Å². The van der Waals surface area contributed by atoms with E-state index in [0.717, 1.165) is 16.7 Å². The van der Waals surface area contributed by atoms with Crippen LogP contribution >= 0.6 is 11.6 Å². The molecule has 0 fully saturated rings. The highest BCUT2D eigenvalue weighted by molar-refractivity contribution is 6.30. The molecule has 0 radical (unpaired) electrons. The Morgan fingerprint density at radius 1 is 1.14 bits per heavy atom. The quantitative estimate of drug-likeness (QED) is 0.776. The van der Waals surface area contributed by atoms with Crippen molar-refractivity contribution < 1.29 is 19.1 Å². The molecular formula is C21H23ClN2O4. The predicted molar refractivity (Wildman–Crippen MR) is 107 cm³/mol. The molecule has 0 saturated carbocycles. The number of nitrogens with one attached hydrogen (secondary N) is 1. The zero-order valence-corrected chi connectivity index (χ0v) is 16.7. The first-order chi connectivity index (χ1) is 13.2. The molecule has 1 heterocycles. The minimum atomic E-state index is -0.822. The molecule has 2 aromatic carbocycles. The summed E-state index contributed by atoms with van der Waals surface area (Å²) in [5.74, 6) is 0.212. The first-order valence-electron chi connectivity index (χ1n) is 9.09. The standard InChI is InChI=1S/C21H23ClN2O4/c1-11(2)27-18-10-16-14(8-17(18)28-12(3)21(23)26)9-19(25)24-20(16)13-4-6-15(22)7-5-13/h4-8,10-12,20H,9H2,1-3H3,(H2,23,26)(H,24,25). The second-order valence-corrected chi connectivity index (χ2v) is 7.49. The van der Waals surface area contributed by atoms with E-state index in [-0.39, 0.29) is 24.5 Å². The Hall–Kier alpha value is -2.73. The van der Waals surface area contributed by atoms with Crippen LogP contribution in [-0.4, -0.2) is 24.0 Å². The summed E-state index contributed by atoms with van der Waals surface area (Å²) in [6.07, 6.45) is -0.712. The lowest BCUT2D eigenvalue weighted by Gasteiger charge is -2.29. The van der Waals surface area contributed by atoms with Crippen LogP contribution < -0.4 is 20.5 Å². The molecule has 0 aromatic heterocycles. The van der Waals surface area contributed by atoms with Crippen LogP contribution in [0.15, 0.2) is 36.4 Å². The van der Waals surface area contributed by atoms with Crippen LogP contribution in [-0.2, 0) is 16.0 Å². The second-order valence-electron chi connectivity index (χ2n) is 7.06. The number of nitrogens with two attached hydrogens (primary N) is 1. The third-order valence-corrected chi connectivity index (χ3v) is 4.70. The Labute approximate surface area is 169 Å². The fraction of sp³-hybridized carbons (Fsp3) is 0.333. The van der Waals surface area contributed by atoms with E-state index >= 15 is 0 Å². The molecule has 0 spiro atoms. The Balaban J connectivity index is 2.07. The first-order valence-corrected chi connectivity index (χ1v) is 9.46. The van der Waals surface area contributed by atoms with Crippen molar-refractivity contribution in [3.63, 3.8) is 0 Å². The molecule has 0 aliphatic carbocycles. The minimum Gasteiger partial charge on any atom is -0.487 e.